The van der Waals surface area contributed by atoms with Gasteiger partial charge in [0.25, 0.3) is 5.56 Å². The van der Waals surface area contributed by atoms with E-state index in [4.69, 9.17) is 0 Å². The van der Waals surface area contributed by atoms with Crippen molar-refractivity contribution in [2.45, 2.75) is 85.5 Å². The van der Waals surface area contributed by atoms with Crippen molar-refractivity contribution in [1.29, 1.82) is 0 Å². The third-order valence-corrected chi connectivity index (χ3v) is 7.33. The standard InChI is InChI=1S/C29H38N6O/c1-7-21-14-15-25-23(16-21)17-24(28(36)30-25)19-34(18-22-12-10-20(4)11-13-22)26(8-2)27-31-32-33-35(27)29(5,6)9-3/h10-17,26H,7-9,18-19H2,1-6H3,(H,30,36)/t26-/m0/s1. The lowest BCUT2D eigenvalue weighted by molar-refractivity contribution is 0.150. The largest absolute Gasteiger partial charge is 0.322 e. The van der Waals surface area contributed by atoms with Crippen molar-refractivity contribution >= 4 is 10.9 Å². The van der Waals surface area contributed by atoms with Crippen LogP contribution in [0.1, 0.15) is 81.6 Å². The number of H-pyrrole nitrogens is 1. The van der Waals surface area contributed by atoms with Gasteiger partial charge in [-0.2, -0.15) is 0 Å². The van der Waals surface area contributed by atoms with Crippen LogP contribution in [0, 0.1) is 6.92 Å². The van der Waals surface area contributed by atoms with E-state index in [1.54, 1.807) is 0 Å². The van der Waals surface area contributed by atoms with Crippen LogP contribution in [-0.2, 0) is 25.0 Å². The van der Waals surface area contributed by atoms with E-state index in [0.717, 1.165) is 41.6 Å². The zero-order valence-corrected chi connectivity index (χ0v) is 22.4. The Morgan fingerprint density at radius 1 is 1.00 bits per heavy atom. The smallest absolute Gasteiger partial charge is 0.252 e. The molecule has 0 aliphatic rings. The minimum Gasteiger partial charge on any atom is -0.322 e. The maximum atomic E-state index is 13.2. The number of aromatic nitrogens is 5. The molecule has 0 radical (unpaired) electrons. The molecule has 0 amide bonds. The highest BCUT2D eigenvalue weighted by Crippen LogP contribution is 2.30. The Morgan fingerprint density at radius 3 is 2.39 bits per heavy atom. The van der Waals surface area contributed by atoms with Crippen LogP contribution in [0.2, 0.25) is 0 Å². The number of nitrogens with one attached hydrogen (secondary N) is 1. The fourth-order valence-corrected chi connectivity index (χ4v) is 4.65. The lowest BCUT2D eigenvalue weighted by Gasteiger charge is -2.33. The van der Waals surface area contributed by atoms with Crippen molar-refractivity contribution in [1.82, 2.24) is 30.1 Å². The number of tetrazole rings is 1. The first-order valence-corrected chi connectivity index (χ1v) is 13.0. The average Bonchev–Trinajstić information content (AvgIpc) is 3.36. The SMILES string of the molecule is CCc1ccc2[nH]c(=O)c(CN(Cc3ccc(C)cc3)[C@@H](CC)c3nnnn3C(C)(C)CC)cc2c1. The van der Waals surface area contributed by atoms with Gasteiger partial charge >= 0.3 is 0 Å². The molecule has 7 nitrogen and oxygen atoms in total. The molecule has 0 bridgehead atoms. The van der Waals surface area contributed by atoms with E-state index < -0.39 is 0 Å². The molecule has 0 saturated heterocycles. The van der Waals surface area contributed by atoms with Gasteiger partial charge < -0.3 is 4.98 Å². The quantitative estimate of drug-likeness (QED) is 0.312. The molecule has 1 atom stereocenters. The molecule has 0 fully saturated rings. The maximum absolute atomic E-state index is 13.2. The van der Waals surface area contributed by atoms with Crippen LogP contribution in [0.15, 0.2) is 53.3 Å². The summed E-state index contributed by atoms with van der Waals surface area (Å²) in [5, 5.41) is 14.0. The molecule has 36 heavy (non-hydrogen) atoms. The molecule has 2 heterocycles. The molecule has 2 aromatic carbocycles. The second kappa shape index (κ2) is 10.7. The number of nitrogens with zero attached hydrogens (tertiary/aromatic N) is 5. The summed E-state index contributed by atoms with van der Waals surface area (Å²) in [7, 11) is 0. The Morgan fingerprint density at radius 2 is 1.72 bits per heavy atom. The van der Waals surface area contributed by atoms with Crippen LogP contribution >= 0.6 is 0 Å². The van der Waals surface area contributed by atoms with Gasteiger partial charge in [0.1, 0.15) is 0 Å². The van der Waals surface area contributed by atoms with Gasteiger partial charge in [-0.1, -0.05) is 56.7 Å². The maximum Gasteiger partial charge on any atom is 0.252 e. The van der Waals surface area contributed by atoms with E-state index in [-0.39, 0.29) is 17.1 Å². The van der Waals surface area contributed by atoms with Crippen LogP contribution in [-0.4, -0.2) is 30.1 Å². The van der Waals surface area contributed by atoms with Crippen LogP contribution in [0.4, 0.5) is 0 Å². The van der Waals surface area contributed by atoms with E-state index in [1.807, 2.05) is 16.8 Å². The molecule has 1 N–H and O–H groups in total. The summed E-state index contributed by atoms with van der Waals surface area (Å²) < 4.78 is 1.96. The number of rotatable bonds is 10. The summed E-state index contributed by atoms with van der Waals surface area (Å²) >= 11 is 0. The predicted octanol–water partition coefficient (Wildman–Crippen LogP) is 5.68. The predicted molar refractivity (Wildman–Crippen MR) is 145 cm³/mol. The Bertz CT molecular complexity index is 1370. The minimum absolute atomic E-state index is 0.0517. The van der Waals surface area contributed by atoms with E-state index in [2.05, 4.69) is 103 Å². The first-order valence-electron chi connectivity index (χ1n) is 13.0. The molecule has 0 aliphatic heterocycles. The Labute approximate surface area is 213 Å². The van der Waals surface area contributed by atoms with Crippen molar-refractivity contribution in [3.8, 4) is 0 Å². The summed E-state index contributed by atoms with van der Waals surface area (Å²) in [5.74, 6) is 0.835. The molecular formula is C29H38N6O. The van der Waals surface area contributed by atoms with E-state index >= 15 is 0 Å². The van der Waals surface area contributed by atoms with Crippen LogP contribution in [0.25, 0.3) is 10.9 Å². The zero-order chi connectivity index (χ0) is 25.9. The molecule has 0 aliphatic carbocycles. The van der Waals surface area contributed by atoms with Crippen molar-refractivity contribution < 1.29 is 0 Å². The number of benzene rings is 2. The number of aryl methyl sites for hydroxylation is 2. The molecule has 0 saturated carbocycles. The lowest BCUT2D eigenvalue weighted by atomic mass is 10.0. The first kappa shape index (κ1) is 25.8. The van der Waals surface area contributed by atoms with Crippen molar-refractivity contribution in [3.63, 3.8) is 0 Å². The molecule has 0 spiro atoms. The molecular weight excluding hydrogens is 448 g/mol. The van der Waals surface area contributed by atoms with Crippen LogP contribution in [0.5, 0.6) is 0 Å². The number of pyridine rings is 1. The average molecular weight is 487 g/mol. The highest BCUT2D eigenvalue weighted by atomic mass is 16.1. The van der Waals surface area contributed by atoms with E-state index in [0.29, 0.717) is 13.1 Å². The molecule has 7 heteroatoms. The van der Waals surface area contributed by atoms with Crippen LogP contribution < -0.4 is 5.56 Å². The number of hydrogen-bond acceptors (Lipinski definition) is 5. The molecule has 2 aromatic heterocycles. The van der Waals surface area contributed by atoms with Crippen molar-refractivity contribution in [2.24, 2.45) is 0 Å². The van der Waals surface area contributed by atoms with Gasteiger partial charge in [0, 0.05) is 24.2 Å². The summed E-state index contributed by atoms with van der Waals surface area (Å²) in [6.07, 6.45) is 2.68. The number of fused-ring (bicyclic) bond motifs is 1. The summed E-state index contributed by atoms with van der Waals surface area (Å²) in [4.78, 5) is 18.6. The van der Waals surface area contributed by atoms with Crippen LogP contribution in [0.3, 0.4) is 0 Å². The molecule has 0 unspecified atom stereocenters. The Balaban J connectivity index is 1.77. The van der Waals surface area contributed by atoms with Gasteiger partial charge in [0.2, 0.25) is 0 Å². The lowest BCUT2D eigenvalue weighted by Crippen LogP contribution is -2.36. The zero-order valence-electron chi connectivity index (χ0n) is 22.4. The van der Waals surface area contributed by atoms with Gasteiger partial charge in [-0.15, -0.1) is 5.10 Å². The van der Waals surface area contributed by atoms with E-state index in [9.17, 15) is 4.79 Å². The highest BCUT2D eigenvalue weighted by molar-refractivity contribution is 5.79. The normalized spacial score (nSPS) is 13.0. The number of aromatic amines is 1. The fraction of sp³-hybridized carbons (Fsp3) is 0.448. The monoisotopic (exact) mass is 486 g/mol. The molecule has 4 rings (SSSR count). The van der Waals surface area contributed by atoms with E-state index in [1.165, 1.54) is 16.7 Å². The summed E-state index contributed by atoms with van der Waals surface area (Å²) in [5.41, 5.74) is 5.02. The molecule has 4 aromatic rings. The molecule has 190 valence electrons. The van der Waals surface area contributed by atoms with Crippen molar-refractivity contribution in [2.75, 3.05) is 0 Å². The van der Waals surface area contributed by atoms with Gasteiger partial charge in [-0.05, 0) is 85.2 Å². The summed E-state index contributed by atoms with van der Waals surface area (Å²) in [6.45, 7) is 14.0. The van der Waals surface area contributed by atoms with Gasteiger partial charge in [-0.25, -0.2) is 4.68 Å². The topological polar surface area (TPSA) is 79.7 Å². The van der Waals surface area contributed by atoms with Crippen molar-refractivity contribution in [3.05, 3.63) is 87.0 Å². The Kier molecular flexibility index (Phi) is 7.69. The first-order chi connectivity index (χ1) is 17.2. The second-order valence-corrected chi connectivity index (χ2v) is 10.3. The third kappa shape index (κ3) is 5.41. The van der Waals surface area contributed by atoms with Gasteiger partial charge in [-0.3, -0.25) is 9.69 Å². The summed E-state index contributed by atoms with van der Waals surface area (Å²) in [6, 6.07) is 16.8. The third-order valence-electron chi connectivity index (χ3n) is 7.33. The second-order valence-electron chi connectivity index (χ2n) is 10.3. The Hall–Kier alpha value is -3.32. The highest BCUT2D eigenvalue weighted by Gasteiger charge is 2.31. The van der Waals surface area contributed by atoms with Gasteiger partial charge in [0.15, 0.2) is 5.82 Å². The number of hydrogen-bond donors (Lipinski definition) is 1. The minimum atomic E-state index is -0.210. The fourth-order valence-electron chi connectivity index (χ4n) is 4.65. The van der Waals surface area contributed by atoms with Gasteiger partial charge in [0.05, 0.1) is 11.6 Å².